The molecule has 22 heavy (non-hydrogen) atoms. The Bertz CT molecular complexity index is 768. The highest BCUT2D eigenvalue weighted by atomic mass is 16.1. The minimum Gasteiger partial charge on any atom is -0.319 e. The summed E-state index contributed by atoms with van der Waals surface area (Å²) in [6.45, 7) is 4.35. The van der Waals surface area contributed by atoms with Gasteiger partial charge in [-0.05, 0) is 19.4 Å². The molecule has 3 rings (SSSR count). The Balaban J connectivity index is 1.72. The number of aromatic nitrogens is 4. The number of benzene rings is 1. The maximum atomic E-state index is 12.3. The molecule has 0 bridgehead atoms. The number of aryl methyl sites for hydroxylation is 2. The maximum Gasteiger partial charge on any atom is 0.258 e. The largest absolute Gasteiger partial charge is 0.319 e. The van der Waals surface area contributed by atoms with Gasteiger partial charge in [-0.3, -0.25) is 14.6 Å². The van der Waals surface area contributed by atoms with Crippen molar-refractivity contribution >= 4 is 11.6 Å². The van der Waals surface area contributed by atoms with Crippen LogP contribution in [0.1, 0.15) is 27.3 Å². The van der Waals surface area contributed by atoms with Crippen LogP contribution in [0.3, 0.4) is 0 Å². The Morgan fingerprint density at radius 1 is 1.27 bits per heavy atom. The van der Waals surface area contributed by atoms with Gasteiger partial charge in [-0.1, -0.05) is 30.3 Å². The van der Waals surface area contributed by atoms with Gasteiger partial charge in [0.1, 0.15) is 0 Å². The molecular formula is C16H17N5O. The van der Waals surface area contributed by atoms with Crippen LogP contribution < -0.4 is 5.32 Å². The van der Waals surface area contributed by atoms with Crippen LogP contribution in [0.2, 0.25) is 0 Å². The molecule has 0 radical (unpaired) electrons. The average Bonchev–Trinajstić information content (AvgIpc) is 3.10. The summed E-state index contributed by atoms with van der Waals surface area (Å²) in [7, 11) is 0. The molecule has 6 nitrogen and oxygen atoms in total. The lowest BCUT2D eigenvalue weighted by Crippen LogP contribution is -2.12. The lowest BCUT2D eigenvalue weighted by molar-refractivity contribution is 0.102. The first-order valence-corrected chi connectivity index (χ1v) is 7.03. The predicted molar refractivity (Wildman–Crippen MR) is 83.8 cm³/mol. The predicted octanol–water partition coefficient (Wildman–Crippen LogP) is 2.52. The molecule has 2 aromatic heterocycles. The molecule has 1 aromatic carbocycles. The van der Waals surface area contributed by atoms with E-state index in [1.165, 1.54) is 0 Å². The third-order valence-electron chi connectivity index (χ3n) is 3.45. The molecule has 0 aliphatic heterocycles. The van der Waals surface area contributed by atoms with Crippen LogP contribution in [-0.4, -0.2) is 25.9 Å². The van der Waals surface area contributed by atoms with Gasteiger partial charge < -0.3 is 5.32 Å². The highest BCUT2D eigenvalue weighted by Gasteiger charge is 2.13. The second kappa shape index (κ2) is 5.85. The summed E-state index contributed by atoms with van der Waals surface area (Å²) in [5, 5.41) is 14.0. The van der Waals surface area contributed by atoms with E-state index in [0.29, 0.717) is 12.1 Å². The normalized spacial score (nSPS) is 10.6. The standard InChI is InChI=1S/C16H17N5O/c1-11-15(12(2)20-19-11)18-16(22)14-8-17-21(10-14)9-13-6-4-3-5-7-13/h3-8,10H,9H2,1-2H3,(H,18,22)(H,19,20). The summed E-state index contributed by atoms with van der Waals surface area (Å²) in [6, 6.07) is 9.99. The SMILES string of the molecule is Cc1n[nH]c(C)c1NC(=O)c1cnn(Cc2ccccc2)c1. The molecule has 2 heterocycles. The van der Waals surface area contributed by atoms with Gasteiger partial charge in [0.2, 0.25) is 0 Å². The molecule has 0 unspecified atom stereocenters. The van der Waals surface area contributed by atoms with Gasteiger partial charge in [0, 0.05) is 6.20 Å². The van der Waals surface area contributed by atoms with Crippen molar-refractivity contribution in [3.8, 4) is 0 Å². The van der Waals surface area contributed by atoms with Crippen molar-refractivity contribution in [3.63, 3.8) is 0 Å². The van der Waals surface area contributed by atoms with E-state index in [-0.39, 0.29) is 5.91 Å². The molecule has 0 aliphatic rings. The van der Waals surface area contributed by atoms with Crippen LogP contribution >= 0.6 is 0 Å². The molecule has 2 N–H and O–H groups in total. The van der Waals surface area contributed by atoms with Gasteiger partial charge in [0.25, 0.3) is 5.91 Å². The molecule has 1 amide bonds. The first-order chi connectivity index (χ1) is 10.6. The number of H-pyrrole nitrogens is 1. The molecule has 0 atom stereocenters. The zero-order valence-electron chi connectivity index (χ0n) is 12.5. The Morgan fingerprint density at radius 3 is 2.73 bits per heavy atom. The molecule has 0 saturated carbocycles. The molecule has 3 aromatic rings. The lowest BCUT2D eigenvalue weighted by Gasteiger charge is -2.03. The van der Waals surface area contributed by atoms with Gasteiger partial charge in [-0.25, -0.2) is 0 Å². The second-order valence-corrected chi connectivity index (χ2v) is 5.18. The van der Waals surface area contributed by atoms with E-state index in [1.807, 2.05) is 44.2 Å². The van der Waals surface area contributed by atoms with Crippen molar-refractivity contribution in [2.45, 2.75) is 20.4 Å². The molecule has 0 saturated heterocycles. The van der Waals surface area contributed by atoms with Crippen molar-refractivity contribution in [3.05, 3.63) is 65.2 Å². The maximum absolute atomic E-state index is 12.3. The van der Waals surface area contributed by atoms with Crippen LogP contribution in [0.5, 0.6) is 0 Å². The van der Waals surface area contributed by atoms with Crippen LogP contribution in [0, 0.1) is 13.8 Å². The molecular weight excluding hydrogens is 278 g/mol. The third kappa shape index (κ3) is 2.90. The van der Waals surface area contributed by atoms with Crippen molar-refractivity contribution in [2.75, 3.05) is 5.32 Å². The summed E-state index contributed by atoms with van der Waals surface area (Å²) in [4.78, 5) is 12.3. The number of hydrogen-bond donors (Lipinski definition) is 2. The quantitative estimate of drug-likeness (QED) is 0.776. The zero-order chi connectivity index (χ0) is 15.5. The van der Waals surface area contributed by atoms with Crippen LogP contribution in [0.4, 0.5) is 5.69 Å². The number of anilines is 1. The van der Waals surface area contributed by atoms with E-state index in [2.05, 4.69) is 20.6 Å². The molecule has 0 fully saturated rings. The first-order valence-electron chi connectivity index (χ1n) is 7.03. The van der Waals surface area contributed by atoms with Crippen LogP contribution in [0.15, 0.2) is 42.7 Å². The van der Waals surface area contributed by atoms with Crippen LogP contribution in [-0.2, 0) is 6.54 Å². The van der Waals surface area contributed by atoms with E-state index in [4.69, 9.17) is 0 Å². The Labute approximate surface area is 128 Å². The fraction of sp³-hybridized carbons (Fsp3) is 0.188. The highest BCUT2D eigenvalue weighted by Crippen LogP contribution is 2.17. The first kappa shape index (κ1) is 14.1. The number of hydrogen-bond acceptors (Lipinski definition) is 3. The number of nitrogens with one attached hydrogen (secondary N) is 2. The minimum atomic E-state index is -0.188. The monoisotopic (exact) mass is 295 g/mol. The molecule has 0 aliphatic carbocycles. The van der Waals surface area contributed by atoms with Gasteiger partial charge >= 0.3 is 0 Å². The summed E-state index contributed by atoms with van der Waals surface area (Å²) in [5.74, 6) is -0.188. The van der Waals surface area contributed by atoms with E-state index < -0.39 is 0 Å². The van der Waals surface area contributed by atoms with Crippen molar-refractivity contribution in [1.29, 1.82) is 0 Å². The van der Waals surface area contributed by atoms with Gasteiger partial charge in [0.15, 0.2) is 0 Å². The van der Waals surface area contributed by atoms with Crippen molar-refractivity contribution in [1.82, 2.24) is 20.0 Å². The lowest BCUT2D eigenvalue weighted by atomic mass is 10.2. The number of rotatable bonds is 4. The van der Waals surface area contributed by atoms with Crippen molar-refractivity contribution < 1.29 is 4.79 Å². The van der Waals surface area contributed by atoms with Crippen LogP contribution in [0.25, 0.3) is 0 Å². The Hall–Kier alpha value is -2.89. The van der Waals surface area contributed by atoms with E-state index in [0.717, 1.165) is 22.6 Å². The van der Waals surface area contributed by atoms with Gasteiger partial charge in [-0.15, -0.1) is 0 Å². The van der Waals surface area contributed by atoms with Gasteiger partial charge in [-0.2, -0.15) is 10.2 Å². The number of nitrogens with zero attached hydrogens (tertiary/aromatic N) is 3. The fourth-order valence-corrected chi connectivity index (χ4v) is 2.26. The highest BCUT2D eigenvalue weighted by molar-refractivity contribution is 6.04. The summed E-state index contributed by atoms with van der Waals surface area (Å²) in [6.07, 6.45) is 3.32. The fourth-order valence-electron chi connectivity index (χ4n) is 2.26. The minimum absolute atomic E-state index is 0.188. The van der Waals surface area contributed by atoms with E-state index in [9.17, 15) is 4.79 Å². The number of aromatic amines is 1. The van der Waals surface area contributed by atoms with E-state index >= 15 is 0 Å². The third-order valence-corrected chi connectivity index (χ3v) is 3.45. The molecule has 0 spiro atoms. The second-order valence-electron chi connectivity index (χ2n) is 5.18. The average molecular weight is 295 g/mol. The number of carbonyl (C=O) groups excluding carboxylic acids is 1. The Morgan fingerprint density at radius 2 is 2.05 bits per heavy atom. The number of amides is 1. The van der Waals surface area contributed by atoms with Gasteiger partial charge in [0.05, 0.1) is 35.4 Å². The molecule has 112 valence electrons. The topological polar surface area (TPSA) is 75.6 Å². The Kier molecular flexibility index (Phi) is 3.74. The zero-order valence-corrected chi connectivity index (χ0v) is 12.5. The van der Waals surface area contributed by atoms with Crippen molar-refractivity contribution in [2.24, 2.45) is 0 Å². The summed E-state index contributed by atoms with van der Waals surface area (Å²) >= 11 is 0. The summed E-state index contributed by atoms with van der Waals surface area (Å²) < 4.78 is 1.75. The summed E-state index contributed by atoms with van der Waals surface area (Å²) in [5.41, 5.74) is 3.99. The smallest absolute Gasteiger partial charge is 0.258 e. The molecule has 6 heteroatoms. The number of carbonyl (C=O) groups is 1. The van der Waals surface area contributed by atoms with E-state index in [1.54, 1.807) is 17.1 Å².